The zero-order valence-electron chi connectivity index (χ0n) is 12.5. The molecule has 2 fully saturated rings. The van der Waals surface area contributed by atoms with Gasteiger partial charge in [-0.3, -0.25) is 4.90 Å². The van der Waals surface area contributed by atoms with Gasteiger partial charge in [0, 0.05) is 30.0 Å². The lowest BCUT2D eigenvalue weighted by atomic mass is 9.76. The standard InChI is InChI=1S/C16H24N2O2S/c19-10-16-9-18(7-12(16)5-6-20-11-16)8-15-17-13-3-1-2-4-14(13)21-15/h12,19H,1-11H2/t12-,16+/m0/s1. The molecule has 0 bridgehead atoms. The van der Waals surface area contributed by atoms with Gasteiger partial charge in [-0.25, -0.2) is 4.98 Å². The van der Waals surface area contributed by atoms with Crippen molar-refractivity contribution in [1.29, 1.82) is 0 Å². The fourth-order valence-corrected chi connectivity index (χ4v) is 5.42. The Balaban J connectivity index is 1.47. The molecule has 0 radical (unpaired) electrons. The molecule has 5 heteroatoms. The van der Waals surface area contributed by atoms with Crippen molar-refractivity contribution in [2.45, 2.75) is 38.6 Å². The highest BCUT2D eigenvalue weighted by atomic mass is 32.1. The lowest BCUT2D eigenvalue weighted by molar-refractivity contribution is -0.0561. The van der Waals surface area contributed by atoms with E-state index in [0.717, 1.165) is 39.3 Å². The molecule has 0 amide bonds. The number of rotatable bonds is 3. The van der Waals surface area contributed by atoms with Crippen LogP contribution < -0.4 is 0 Å². The highest BCUT2D eigenvalue weighted by Gasteiger charge is 2.48. The van der Waals surface area contributed by atoms with Crippen LogP contribution in [0.25, 0.3) is 0 Å². The second kappa shape index (κ2) is 5.61. The van der Waals surface area contributed by atoms with Gasteiger partial charge in [0.1, 0.15) is 5.01 Å². The first-order valence-electron chi connectivity index (χ1n) is 8.17. The van der Waals surface area contributed by atoms with Crippen molar-refractivity contribution >= 4 is 11.3 Å². The average Bonchev–Trinajstić information content (AvgIpc) is 3.07. The van der Waals surface area contributed by atoms with Gasteiger partial charge in [-0.15, -0.1) is 11.3 Å². The number of fused-ring (bicyclic) bond motifs is 2. The third-order valence-electron chi connectivity index (χ3n) is 5.45. The van der Waals surface area contributed by atoms with Crippen LogP contribution in [0.5, 0.6) is 0 Å². The molecular formula is C16H24N2O2S. The topological polar surface area (TPSA) is 45.6 Å². The summed E-state index contributed by atoms with van der Waals surface area (Å²) in [6.07, 6.45) is 6.11. The lowest BCUT2D eigenvalue weighted by Gasteiger charge is -2.36. The third-order valence-corrected chi connectivity index (χ3v) is 6.59. The lowest BCUT2D eigenvalue weighted by Crippen LogP contribution is -2.42. The van der Waals surface area contributed by atoms with Crippen LogP contribution >= 0.6 is 11.3 Å². The Morgan fingerprint density at radius 2 is 2.29 bits per heavy atom. The Morgan fingerprint density at radius 3 is 3.10 bits per heavy atom. The van der Waals surface area contributed by atoms with Gasteiger partial charge < -0.3 is 9.84 Å². The summed E-state index contributed by atoms with van der Waals surface area (Å²) in [4.78, 5) is 8.87. The SMILES string of the molecule is OC[C@]12COCC[C@H]1CN(Cc1nc3c(s1)CCCC3)C2. The predicted octanol–water partition coefficient (Wildman–Crippen LogP) is 1.85. The number of aliphatic hydroxyl groups is 1. The van der Waals surface area contributed by atoms with Crippen molar-refractivity contribution < 1.29 is 9.84 Å². The van der Waals surface area contributed by atoms with E-state index in [1.807, 2.05) is 11.3 Å². The van der Waals surface area contributed by atoms with Crippen LogP contribution in [0.1, 0.15) is 34.8 Å². The molecule has 0 unspecified atom stereocenters. The van der Waals surface area contributed by atoms with E-state index in [1.54, 1.807) is 0 Å². The second-order valence-electron chi connectivity index (χ2n) is 6.91. The number of aromatic nitrogens is 1. The zero-order chi connectivity index (χ0) is 14.3. The molecule has 0 spiro atoms. The van der Waals surface area contributed by atoms with E-state index in [-0.39, 0.29) is 12.0 Å². The number of thiazole rings is 1. The minimum Gasteiger partial charge on any atom is -0.396 e. The molecule has 2 saturated heterocycles. The van der Waals surface area contributed by atoms with Crippen LogP contribution in [0.2, 0.25) is 0 Å². The first-order valence-corrected chi connectivity index (χ1v) is 8.99. The fraction of sp³-hybridized carbons (Fsp3) is 0.812. The number of likely N-dealkylation sites (tertiary alicyclic amines) is 1. The number of aliphatic hydroxyl groups excluding tert-OH is 1. The predicted molar refractivity (Wildman–Crippen MR) is 82.5 cm³/mol. The largest absolute Gasteiger partial charge is 0.396 e. The van der Waals surface area contributed by atoms with Crippen molar-refractivity contribution in [3.8, 4) is 0 Å². The zero-order valence-corrected chi connectivity index (χ0v) is 13.3. The van der Waals surface area contributed by atoms with Crippen LogP contribution in [0, 0.1) is 11.3 Å². The van der Waals surface area contributed by atoms with Gasteiger partial charge >= 0.3 is 0 Å². The molecule has 0 saturated carbocycles. The number of ether oxygens (including phenoxy) is 1. The molecule has 116 valence electrons. The molecular weight excluding hydrogens is 284 g/mol. The van der Waals surface area contributed by atoms with E-state index < -0.39 is 0 Å². The van der Waals surface area contributed by atoms with Gasteiger partial charge in [-0.05, 0) is 38.0 Å². The normalized spacial score (nSPS) is 32.9. The Hall–Kier alpha value is -0.490. The molecule has 1 aromatic heterocycles. The monoisotopic (exact) mass is 308 g/mol. The first kappa shape index (κ1) is 14.1. The van der Waals surface area contributed by atoms with Crippen LogP contribution in [-0.4, -0.2) is 47.9 Å². The summed E-state index contributed by atoms with van der Waals surface area (Å²) in [5, 5.41) is 11.1. The van der Waals surface area contributed by atoms with Gasteiger partial charge in [-0.1, -0.05) is 0 Å². The van der Waals surface area contributed by atoms with Gasteiger partial charge in [0.15, 0.2) is 0 Å². The molecule has 4 rings (SSSR count). The first-order chi connectivity index (χ1) is 10.3. The van der Waals surface area contributed by atoms with Gasteiger partial charge in [0.25, 0.3) is 0 Å². The Bertz CT molecular complexity index is 495. The van der Waals surface area contributed by atoms with E-state index in [1.165, 1.54) is 41.3 Å². The van der Waals surface area contributed by atoms with Gasteiger partial charge in [0.2, 0.25) is 0 Å². The highest BCUT2D eigenvalue weighted by molar-refractivity contribution is 7.11. The van der Waals surface area contributed by atoms with E-state index in [2.05, 4.69) is 4.90 Å². The molecule has 3 heterocycles. The van der Waals surface area contributed by atoms with E-state index >= 15 is 0 Å². The summed E-state index contributed by atoms with van der Waals surface area (Å²) in [7, 11) is 0. The smallest absolute Gasteiger partial charge is 0.107 e. The van der Waals surface area contributed by atoms with Crippen LogP contribution in [0.4, 0.5) is 0 Å². The Kier molecular flexibility index (Phi) is 3.78. The maximum atomic E-state index is 9.85. The minimum absolute atomic E-state index is 0.0187. The van der Waals surface area contributed by atoms with Crippen LogP contribution in [0.15, 0.2) is 0 Å². The molecule has 21 heavy (non-hydrogen) atoms. The Morgan fingerprint density at radius 1 is 1.38 bits per heavy atom. The number of hydrogen-bond acceptors (Lipinski definition) is 5. The molecule has 0 aromatic carbocycles. The van der Waals surface area contributed by atoms with Gasteiger partial charge in [-0.2, -0.15) is 0 Å². The number of hydrogen-bond donors (Lipinski definition) is 1. The van der Waals surface area contributed by atoms with Crippen molar-refractivity contribution in [1.82, 2.24) is 9.88 Å². The summed E-state index contributed by atoms with van der Waals surface area (Å²) in [5.74, 6) is 0.589. The summed E-state index contributed by atoms with van der Waals surface area (Å²) in [5.41, 5.74) is 1.34. The maximum Gasteiger partial charge on any atom is 0.107 e. The summed E-state index contributed by atoms with van der Waals surface area (Å²) < 4.78 is 5.64. The van der Waals surface area contributed by atoms with Gasteiger partial charge in [0.05, 0.1) is 25.5 Å². The van der Waals surface area contributed by atoms with E-state index in [4.69, 9.17) is 9.72 Å². The maximum absolute atomic E-state index is 9.85. The molecule has 1 aromatic rings. The van der Waals surface area contributed by atoms with E-state index in [0.29, 0.717) is 5.92 Å². The summed E-state index contributed by atoms with van der Waals surface area (Å²) >= 11 is 1.92. The minimum atomic E-state index is -0.0187. The fourth-order valence-electron chi connectivity index (χ4n) is 4.22. The summed E-state index contributed by atoms with van der Waals surface area (Å²) in [6.45, 7) is 4.83. The second-order valence-corrected chi connectivity index (χ2v) is 8.08. The molecule has 2 atom stereocenters. The van der Waals surface area contributed by atoms with Crippen molar-refractivity contribution in [3.05, 3.63) is 15.6 Å². The molecule has 4 nitrogen and oxygen atoms in total. The van der Waals surface area contributed by atoms with Crippen molar-refractivity contribution in [2.24, 2.45) is 11.3 Å². The average molecular weight is 308 g/mol. The summed E-state index contributed by atoms with van der Waals surface area (Å²) in [6, 6.07) is 0. The van der Waals surface area contributed by atoms with E-state index in [9.17, 15) is 5.11 Å². The molecule has 2 aliphatic heterocycles. The molecule has 1 aliphatic carbocycles. The number of aryl methyl sites for hydroxylation is 2. The van der Waals surface area contributed by atoms with Crippen molar-refractivity contribution in [2.75, 3.05) is 32.9 Å². The Labute approximate surface area is 130 Å². The molecule has 3 aliphatic rings. The molecule has 1 N–H and O–H groups in total. The highest BCUT2D eigenvalue weighted by Crippen LogP contribution is 2.41. The van der Waals surface area contributed by atoms with Crippen molar-refractivity contribution in [3.63, 3.8) is 0 Å². The van der Waals surface area contributed by atoms with Crippen LogP contribution in [-0.2, 0) is 24.1 Å². The third kappa shape index (κ3) is 2.54. The number of nitrogens with zero attached hydrogens (tertiary/aromatic N) is 2. The quantitative estimate of drug-likeness (QED) is 0.926. The van der Waals surface area contributed by atoms with Crippen LogP contribution in [0.3, 0.4) is 0 Å².